The first-order valence-electron chi connectivity index (χ1n) is 9.79. The zero-order valence-electron chi connectivity index (χ0n) is 17.2. The average molecular weight is 402 g/mol. The van der Waals surface area contributed by atoms with E-state index in [9.17, 15) is 9.59 Å². The van der Waals surface area contributed by atoms with Crippen LogP contribution in [0.25, 0.3) is 0 Å². The van der Waals surface area contributed by atoms with Crippen molar-refractivity contribution in [2.24, 2.45) is 5.73 Å². The SMILES string of the molecule is COc1ccc(C[C@@H](NC(=O)C(C)(c2ccccc2)c2ccccc2)C(N)=O)cc1. The Morgan fingerprint density at radius 3 is 1.83 bits per heavy atom. The Bertz CT molecular complexity index is 946. The second kappa shape index (κ2) is 9.27. The highest BCUT2D eigenvalue weighted by Crippen LogP contribution is 2.32. The predicted molar refractivity (Wildman–Crippen MR) is 117 cm³/mol. The molecule has 3 aromatic rings. The molecule has 154 valence electrons. The van der Waals surface area contributed by atoms with Crippen molar-refractivity contribution >= 4 is 11.8 Å². The van der Waals surface area contributed by atoms with E-state index in [0.29, 0.717) is 6.42 Å². The Morgan fingerprint density at radius 1 is 0.900 bits per heavy atom. The van der Waals surface area contributed by atoms with Gasteiger partial charge in [-0.1, -0.05) is 72.8 Å². The van der Waals surface area contributed by atoms with Gasteiger partial charge >= 0.3 is 0 Å². The van der Waals surface area contributed by atoms with Crippen molar-refractivity contribution in [1.29, 1.82) is 0 Å². The third-order valence-corrected chi connectivity index (χ3v) is 5.40. The van der Waals surface area contributed by atoms with Crippen LogP contribution in [0.4, 0.5) is 0 Å². The largest absolute Gasteiger partial charge is 0.497 e. The van der Waals surface area contributed by atoms with Crippen LogP contribution in [0.15, 0.2) is 84.9 Å². The minimum Gasteiger partial charge on any atom is -0.497 e. The maximum absolute atomic E-state index is 13.5. The van der Waals surface area contributed by atoms with E-state index >= 15 is 0 Å². The molecule has 0 radical (unpaired) electrons. The van der Waals surface area contributed by atoms with Crippen LogP contribution in [-0.2, 0) is 21.4 Å². The van der Waals surface area contributed by atoms with Crippen LogP contribution in [0, 0.1) is 0 Å². The predicted octanol–water partition coefficient (Wildman–Crippen LogP) is 3.21. The molecule has 0 unspecified atom stereocenters. The van der Waals surface area contributed by atoms with Gasteiger partial charge in [-0.15, -0.1) is 0 Å². The van der Waals surface area contributed by atoms with Gasteiger partial charge in [0.2, 0.25) is 11.8 Å². The highest BCUT2D eigenvalue weighted by molar-refractivity contribution is 5.95. The molecule has 0 aliphatic heterocycles. The quantitative estimate of drug-likeness (QED) is 0.607. The molecule has 2 amide bonds. The number of benzene rings is 3. The molecule has 0 spiro atoms. The van der Waals surface area contributed by atoms with Gasteiger partial charge in [-0.2, -0.15) is 0 Å². The molecule has 5 nitrogen and oxygen atoms in total. The van der Waals surface area contributed by atoms with E-state index in [2.05, 4.69) is 5.32 Å². The zero-order valence-corrected chi connectivity index (χ0v) is 17.2. The van der Waals surface area contributed by atoms with Crippen LogP contribution in [0.1, 0.15) is 23.6 Å². The lowest BCUT2D eigenvalue weighted by atomic mass is 9.75. The van der Waals surface area contributed by atoms with Crippen LogP contribution in [0.3, 0.4) is 0 Å². The fraction of sp³-hybridized carbons (Fsp3) is 0.200. The highest BCUT2D eigenvalue weighted by Gasteiger charge is 2.38. The zero-order chi connectivity index (χ0) is 21.6. The fourth-order valence-corrected chi connectivity index (χ4v) is 3.49. The Hall–Kier alpha value is -3.60. The van der Waals surface area contributed by atoms with Gasteiger partial charge < -0.3 is 15.8 Å². The van der Waals surface area contributed by atoms with E-state index in [0.717, 1.165) is 22.4 Å². The van der Waals surface area contributed by atoms with Gasteiger partial charge in [0.05, 0.1) is 12.5 Å². The van der Waals surface area contributed by atoms with Gasteiger partial charge in [-0.25, -0.2) is 0 Å². The van der Waals surface area contributed by atoms with Crippen LogP contribution in [0.2, 0.25) is 0 Å². The third-order valence-electron chi connectivity index (χ3n) is 5.40. The van der Waals surface area contributed by atoms with Crippen molar-refractivity contribution in [3.05, 3.63) is 102 Å². The molecule has 3 aromatic carbocycles. The lowest BCUT2D eigenvalue weighted by Crippen LogP contribution is -2.52. The fourth-order valence-electron chi connectivity index (χ4n) is 3.49. The summed E-state index contributed by atoms with van der Waals surface area (Å²) in [5.41, 5.74) is 7.20. The normalized spacial score (nSPS) is 12.1. The molecule has 0 heterocycles. The van der Waals surface area contributed by atoms with Crippen molar-refractivity contribution in [3.8, 4) is 5.75 Å². The Morgan fingerprint density at radius 2 is 1.40 bits per heavy atom. The second-order valence-corrected chi connectivity index (χ2v) is 7.34. The first kappa shape index (κ1) is 21.1. The van der Waals surface area contributed by atoms with Crippen LogP contribution in [0.5, 0.6) is 5.75 Å². The molecule has 3 N–H and O–H groups in total. The van der Waals surface area contributed by atoms with E-state index in [1.165, 1.54) is 0 Å². The smallest absolute Gasteiger partial charge is 0.240 e. The molecule has 5 heteroatoms. The lowest BCUT2D eigenvalue weighted by molar-refractivity contribution is -0.129. The van der Waals surface area contributed by atoms with Crippen molar-refractivity contribution in [3.63, 3.8) is 0 Å². The minimum absolute atomic E-state index is 0.280. The van der Waals surface area contributed by atoms with Crippen molar-refractivity contribution in [2.45, 2.75) is 24.8 Å². The summed E-state index contributed by atoms with van der Waals surface area (Å²) in [5.74, 6) is -0.140. The molecular formula is C25H26N2O3. The Labute approximate surface area is 176 Å². The first-order chi connectivity index (χ1) is 14.4. The summed E-state index contributed by atoms with van der Waals surface area (Å²) in [6.07, 6.45) is 0.296. The molecule has 30 heavy (non-hydrogen) atoms. The number of carbonyl (C=O) groups is 2. The van der Waals surface area contributed by atoms with Crippen LogP contribution in [-0.4, -0.2) is 25.0 Å². The molecular weight excluding hydrogens is 376 g/mol. The number of methoxy groups -OCH3 is 1. The number of primary amides is 1. The van der Waals surface area contributed by atoms with Gasteiger partial charge in [0.1, 0.15) is 11.8 Å². The minimum atomic E-state index is -0.976. The highest BCUT2D eigenvalue weighted by atomic mass is 16.5. The van der Waals surface area contributed by atoms with Crippen LogP contribution < -0.4 is 15.8 Å². The standard InChI is InChI=1S/C25H26N2O3/c1-25(19-9-5-3-6-10-19,20-11-7-4-8-12-20)24(29)27-22(23(26)28)17-18-13-15-21(30-2)16-14-18/h3-16,22H,17H2,1-2H3,(H2,26,28)(H,27,29)/t22-/m1/s1. The van der Waals surface area contributed by atoms with E-state index in [4.69, 9.17) is 10.5 Å². The number of ether oxygens (including phenoxy) is 1. The van der Waals surface area contributed by atoms with Gasteiger partial charge in [0.25, 0.3) is 0 Å². The molecule has 0 saturated heterocycles. The van der Waals surface area contributed by atoms with Crippen molar-refractivity contribution < 1.29 is 14.3 Å². The number of carbonyl (C=O) groups excluding carboxylic acids is 2. The summed E-state index contributed by atoms with van der Waals surface area (Å²) in [4.78, 5) is 25.7. The van der Waals surface area contributed by atoms with E-state index in [-0.39, 0.29) is 5.91 Å². The number of nitrogens with two attached hydrogens (primary N) is 1. The maximum Gasteiger partial charge on any atom is 0.240 e. The van der Waals surface area contributed by atoms with Gasteiger partial charge in [0.15, 0.2) is 0 Å². The van der Waals surface area contributed by atoms with E-state index in [1.54, 1.807) is 7.11 Å². The number of amides is 2. The summed E-state index contributed by atoms with van der Waals surface area (Å²) in [5, 5.41) is 2.89. The molecule has 0 bridgehead atoms. The first-order valence-corrected chi connectivity index (χ1v) is 9.79. The third kappa shape index (κ3) is 4.51. The maximum atomic E-state index is 13.5. The topological polar surface area (TPSA) is 81.4 Å². The molecule has 0 aliphatic carbocycles. The van der Waals surface area contributed by atoms with E-state index < -0.39 is 17.4 Å². The van der Waals surface area contributed by atoms with Gasteiger partial charge in [-0.05, 0) is 35.7 Å². The molecule has 1 atom stereocenters. The monoisotopic (exact) mass is 402 g/mol. The van der Waals surface area contributed by atoms with Gasteiger partial charge in [0, 0.05) is 6.42 Å². The molecule has 0 aliphatic rings. The number of hydrogen-bond acceptors (Lipinski definition) is 3. The van der Waals surface area contributed by atoms with Crippen molar-refractivity contribution in [2.75, 3.05) is 7.11 Å². The van der Waals surface area contributed by atoms with Crippen molar-refractivity contribution in [1.82, 2.24) is 5.32 Å². The Balaban J connectivity index is 1.90. The summed E-state index contributed by atoms with van der Waals surface area (Å²) >= 11 is 0. The molecule has 0 saturated carbocycles. The summed E-state index contributed by atoms with van der Waals surface area (Å²) in [6.45, 7) is 1.86. The summed E-state index contributed by atoms with van der Waals surface area (Å²) in [6, 6.07) is 25.5. The average Bonchev–Trinajstić information content (AvgIpc) is 2.79. The number of nitrogens with one attached hydrogen (secondary N) is 1. The second-order valence-electron chi connectivity index (χ2n) is 7.34. The molecule has 3 rings (SSSR count). The summed E-state index contributed by atoms with van der Waals surface area (Å²) in [7, 11) is 1.59. The number of hydrogen-bond donors (Lipinski definition) is 2. The van der Waals surface area contributed by atoms with Gasteiger partial charge in [-0.3, -0.25) is 9.59 Å². The number of rotatable bonds is 8. The van der Waals surface area contributed by atoms with E-state index in [1.807, 2.05) is 91.9 Å². The Kier molecular flexibility index (Phi) is 6.52. The molecule has 0 aromatic heterocycles. The molecule has 0 fully saturated rings. The van der Waals surface area contributed by atoms with Crippen LogP contribution >= 0.6 is 0 Å². The summed E-state index contributed by atoms with van der Waals surface area (Å²) < 4.78 is 5.17. The lowest BCUT2D eigenvalue weighted by Gasteiger charge is -2.31.